The van der Waals surface area contributed by atoms with Crippen LogP contribution in [0.3, 0.4) is 0 Å². The third-order valence-corrected chi connectivity index (χ3v) is 7.78. The summed E-state index contributed by atoms with van der Waals surface area (Å²) in [7, 11) is 2.66. The molecule has 1 atom stereocenters. The van der Waals surface area contributed by atoms with Crippen LogP contribution >= 0.6 is 0 Å². The Labute approximate surface area is 193 Å². The van der Waals surface area contributed by atoms with Crippen molar-refractivity contribution in [1.29, 1.82) is 0 Å². The number of ether oxygens (including phenoxy) is 2. The molecule has 1 unspecified atom stereocenters. The minimum atomic E-state index is -1.02. The summed E-state index contributed by atoms with van der Waals surface area (Å²) in [5.74, 6) is -1.19. The normalized spacial score (nSPS) is 22.1. The third kappa shape index (κ3) is 2.25. The first-order chi connectivity index (χ1) is 15.8. The molecule has 5 rings (SSSR count). The van der Waals surface area contributed by atoms with Crippen molar-refractivity contribution in [3.05, 3.63) is 82.1 Å². The van der Waals surface area contributed by atoms with E-state index in [1.54, 1.807) is 5.01 Å². The van der Waals surface area contributed by atoms with Crippen molar-refractivity contribution >= 4 is 17.7 Å². The SMILES string of the molecule is COC(=O)C1=C(C(=O)OC)C2(c3ccccc3-c3ccccc32)C2(C)C(C)=C(C)C(C)=NN12. The van der Waals surface area contributed by atoms with Crippen molar-refractivity contribution in [2.75, 3.05) is 14.2 Å². The first kappa shape index (κ1) is 21.2. The van der Waals surface area contributed by atoms with E-state index >= 15 is 0 Å². The van der Waals surface area contributed by atoms with Crippen molar-refractivity contribution in [3.8, 4) is 11.1 Å². The number of hydrogen-bond donors (Lipinski definition) is 0. The molecule has 2 aromatic rings. The summed E-state index contributed by atoms with van der Waals surface area (Å²) in [5, 5.41) is 6.55. The summed E-state index contributed by atoms with van der Waals surface area (Å²) >= 11 is 0. The molecule has 2 aliphatic heterocycles. The van der Waals surface area contributed by atoms with Gasteiger partial charge in [-0.25, -0.2) is 14.6 Å². The summed E-state index contributed by atoms with van der Waals surface area (Å²) in [6.07, 6.45) is 0. The molecule has 0 saturated heterocycles. The maximum atomic E-state index is 13.6. The topological polar surface area (TPSA) is 68.2 Å². The zero-order valence-electron chi connectivity index (χ0n) is 19.6. The molecule has 1 aliphatic carbocycles. The zero-order chi connectivity index (χ0) is 23.7. The van der Waals surface area contributed by atoms with E-state index in [0.29, 0.717) is 0 Å². The van der Waals surface area contributed by atoms with Crippen LogP contribution in [0, 0.1) is 0 Å². The summed E-state index contributed by atoms with van der Waals surface area (Å²) in [4.78, 5) is 26.9. The summed E-state index contributed by atoms with van der Waals surface area (Å²) in [6, 6.07) is 16.1. The van der Waals surface area contributed by atoms with Crippen LogP contribution in [-0.4, -0.2) is 42.4 Å². The molecule has 6 nitrogen and oxygen atoms in total. The largest absolute Gasteiger partial charge is 0.466 e. The molecule has 0 bridgehead atoms. The first-order valence-electron chi connectivity index (χ1n) is 10.9. The maximum Gasteiger partial charge on any atom is 0.356 e. The number of fused-ring (bicyclic) bond motifs is 7. The van der Waals surface area contributed by atoms with Gasteiger partial charge in [-0.2, -0.15) is 5.10 Å². The van der Waals surface area contributed by atoms with Gasteiger partial charge in [-0.3, -0.25) is 0 Å². The number of hydrazone groups is 1. The second-order valence-electron chi connectivity index (χ2n) is 8.87. The molecule has 0 radical (unpaired) electrons. The summed E-state index contributed by atoms with van der Waals surface area (Å²) in [6.45, 7) is 8.05. The van der Waals surface area contributed by atoms with E-state index in [9.17, 15) is 9.59 Å². The maximum absolute atomic E-state index is 13.6. The molecular weight excluding hydrogens is 416 g/mol. The highest BCUT2D eigenvalue weighted by Gasteiger charge is 2.70. The molecule has 2 aromatic carbocycles. The van der Waals surface area contributed by atoms with Gasteiger partial charge in [0.15, 0.2) is 5.70 Å². The second-order valence-corrected chi connectivity index (χ2v) is 8.87. The van der Waals surface area contributed by atoms with E-state index < -0.39 is 22.9 Å². The monoisotopic (exact) mass is 442 g/mol. The first-order valence-corrected chi connectivity index (χ1v) is 10.9. The fraction of sp³-hybridized carbons (Fsp3) is 0.296. The number of hydrogen-bond acceptors (Lipinski definition) is 6. The van der Waals surface area contributed by atoms with Crippen LogP contribution in [0.1, 0.15) is 38.8 Å². The molecule has 33 heavy (non-hydrogen) atoms. The Hall–Kier alpha value is -3.67. The molecule has 0 N–H and O–H groups in total. The Kier molecular flexibility index (Phi) is 4.44. The van der Waals surface area contributed by atoms with Gasteiger partial charge in [-0.05, 0) is 61.1 Å². The number of benzene rings is 2. The van der Waals surface area contributed by atoms with Gasteiger partial charge in [-0.15, -0.1) is 0 Å². The number of methoxy groups -OCH3 is 2. The average Bonchev–Trinajstić information content (AvgIpc) is 3.26. The fourth-order valence-corrected chi connectivity index (χ4v) is 6.03. The fourth-order valence-electron chi connectivity index (χ4n) is 6.03. The zero-order valence-corrected chi connectivity index (χ0v) is 19.6. The standard InChI is InChI=1S/C27H26N2O4/c1-15-16(2)26(4)27(20-13-9-7-11-18(20)19-12-8-10-14-21(19)27)22(24(30)32-5)23(25(31)33-6)29(26)28-17(15)3/h7-14H,1-6H3. The van der Waals surface area contributed by atoms with Crippen LogP contribution in [0.25, 0.3) is 11.1 Å². The van der Waals surface area contributed by atoms with Gasteiger partial charge in [0.1, 0.15) is 5.54 Å². The number of esters is 2. The minimum Gasteiger partial charge on any atom is -0.466 e. The Balaban J connectivity index is 2.05. The van der Waals surface area contributed by atoms with Gasteiger partial charge in [0, 0.05) is 0 Å². The van der Waals surface area contributed by atoms with Crippen molar-refractivity contribution in [2.45, 2.75) is 38.6 Å². The molecular formula is C27H26N2O4. The molecule has 0 saturated carbocycles. The van der Waals surface area contributed by atoms with Crippen molar-refractivity contribution in [1.82, 2.24) is 5.01 Å². The highest BCUT2D eigenvalue weighted by molar-refractivity contribution is 6.09. The van der Waals surface area contributed by atoms with Gasteiger partial charge in [-0.1, -0.05) is 48.5 Å². The Morgan fingerprint density at radius 2 is 1.36 bits per heavy atom. The minimum absolute atomic E-state index is 0.115. The predicted octanol–water partition coefficient (Wildman–Crippen LogP) is 4.35. The molecule has 3 aliphatic rings. The number of nitrogens with zero attached hydrogens (tertiary/aromatic N) is 2. The van der Waals surface area contributed by atoms with Crippen LogP contribution in [0.5, 0.6) is 0 Å². The van der Waals surface area contributed by atoms with E-state index in [1.807, 2.05) is 50.2 Å². The highest BCUT2D eigenvalue weighted by Crippen LogP contribution is 2.66. The summed E-state index contributed by atoms with van der Waals surface area (Å²) in [5.41, 5.74) is 5.25. The molecule has 0 aromatic heterocycles. The van der Waals surface area contributed by atoms with Crippen LogP contribution in [0.15, 0.2) is 76.0 Å². The number of carbonyl (C=O) groups is 2. The molecule has 0 fully saturated rings. The van der Waals surface area contributed by atoms with Crippen LogP contribution in [0.4, 0.5) is 0 Å². The van der Waals surface area contributed by atoms with Crippen molar-refractivity contribution < 1.29 is 19.1 Å². The number of allylic oxidation sites excluding steroid dienone is 1. The lowest BCUT2D eigenvalue weighted by molar-refractivity contribution is -0.140. The molecule has 6 heteroatoms. The molecule has 2 heterocycles. The molecule has 0 amide bonds. The Morgan fingerprint density at radius 1 is 0.848 bits per heavy atom. The van der Waals surface area contributed by atoms with Crippen molar-refractivity contribution in [3.63, 3.8) is 0 Å². The van der Waals surface area contributed by atoms with E-state index in [-0.39, 0.29) is 11.3 Å². The van der Waals surface area contributed by atoms with Gasteiger partial charge in [0.25, 0.3) is 0 Å². The number of rotatable bonds is 2. The van der Waals surface area contributed by atoms with Crippen molar-refractivity contribution in [2.24, 2.45) is 5.10 Å². The average molecular weight is 443 g/mol. The van der Waals surface area contributed by atoms with E-state index in [4.69, 9.17) is 14.6 Å². The van der Waals surface area contributed by atoms with Crippen LogP contribution < -0.4 is 0 Å². The van der Waals surface area contributed by atoms with E-state index in [1.165, 1.54) is 14.2 Å². The van der Waals surface area contributed by atoms with Crippen LogP contribution in [0.2, 0.25) is 0 Å². The molecule has 168 valence electrons. The predicted molar refractivity (Wildman–Crippen MR) is 125 cm³/mol. The van der Waals surface area contributed by atoms with E-state index in [2.05, 4.69) is 26.0 Å². The third-order valence-electron chi connectivity index (χ3n) is 7.78. The Bertz CT molecular complexity index is 1290. The lowest BCUT2D eigenvalue weighted by Gasteiger charge is -2.50. The lowest BCUT2D eigenvalue weighted by Crippen LogP contribution is -2.57. The lowest BCUT2D eigenvalue weighted by atomic mass is 9.58. The van der Waals surface area contributed by atoms with Gasteiger partial charge in [0.2, 0.25) is 0 Å². The smallest absolute Gasteiger partial charge is 0.356 e. The van der Waals surface area contributed by atoms with Gasteiger partial charge in [0.05, 0.1) is 30.9 Å². The highest BCUT2D eigenvalue weighted by atomic mass is 16.5. The van der Waals surface area contributed by atoms with Crippen LogP contribution in [-0.2, 0) is 24.5 Å². The quantitative estimate of drug-likeness (QED) is 0.647. The molecule has 1 spiro atoms. The van der Waals surface area contributed by atoms with E-state index in [0.717, 1.165) is 39.1 Å². The second kappa shape index (κ2) is 6.91. The Morgan fingerprint density at radius 3 is 1.88 bits per heavy atom. The number of carbonyl (C=O) groups excluding carboxylic acids is 2. The van der Waals surface area contributed by atoms with Gasteiger partial charge >= 0.3 is 11.9 Å². The van der Waals surface area contributed by atoms with Gasteiger partial charge < -0.3 is 9.47 Å². The summed E-state index contributed by atoms with van der Waals surface area (Å²) < 4.78 is 10.5.